The Kier molecular flexibility index (Phi) is 7.69. The third-order valence-corrected chi connectivity index (χ3v) is 7.10. The Morgan fingerprint density at radius 1 is 1.12 bits per heavy atom. The first kappa shape index (κ1) is 23.5. The molecule has 1 saturated heterocycles. The normalized spacial score (nSPS) is 17.6. The number of benzene rings is 2. The molecule has 0 unspecified atom stereocenters. The minimum Gasteiger partial charge on any atom is -0.497 e. The number of carbonyl (C=O) groups is 2. The van der Waals surface area contributed by atoms with Crippen LogP contribution in [0.25, 0.3) is 11.6 Å². The molecule has 3 rings (SSSR count). The third-order valence-electron chi connectivity index (χ3n) is 5.35. The number of ether oxygens (including phenoxy) is 2. The topological polar surface area (TPSA) is 90.0 Å². The van der Waals surface area contributed by atoms with Gasteiger partial charge in [0.25, 0.3) is 5.91 Å². The van der Waals surface area contributed by atoms with Gasteiger partial charge in [-0.1, -0.05) is 42.5 Å². The largest absolute Gasteiger partial charge is 0.497 e. The minimum absolute atomic E-state index is 0.0501. The van der Waals surface area contributed by atoms with Crippen LogP contribution in [0, 0.1) is 0 Å². The summed E-state index contributed by atoms with van der Waals surface area (Å²) >= 11 is 0. The second-order valence-corrected chi connectivity index (χ2v) is 9.74. The van der Waals surface area contributed by atoms with Crippen molar-refractivity contribution in [3.63, 3.8) is 0 Å². The van der Waals surface area contributed by atoms with Crippen molar-refractivity contribution in [2.45, 2.75) is 19.4 Å². The van der Waals surface area contributed by atoms with Gasteiger partial charge in [0.05, 0.1) is 24.2 Å². The Morgan fingerprint density at radius 2 is 1.88 bits per heavy atom. The maximum Gasteiger partial charge on any atom is 0.339 e. The van der Waals surface area contributed by atoms with Gasteiger partial charge in [-0.2, -0.15) is 0 Å². The van der Waals surface area contributed by atoms with Crippen molar-refractivity contribution in [1.82, 2.24) is 4.90 Å². The van der Waals surface area contributed by atoms with Crippen molar-refractivity contribution in [2.75, 3.05) is 31.8 Å². The summed E-state index contributed by atoms with van der Waals surface area (Å²) in [5.74, 6) is -0.368. The number of amides is 1. The van der Waals surface area contributed by atoms with E-state index in [-0.39, 0.29) is 17.5 Å². The van der Waals surface area contributed by atoms with Crippen molar-refractivity contribution < 1.29 is 27.5 Å². The van der Waals surface area contributed by atoms with Gasteiger partial charge in [-0.15, -0.1) is 0 Å². The summed E-state index contributed by atoms with van der Waals surface area (Å²) in [6.07, 6.45) is 2.09. The average molecular weight is 458 g/mol. The molecule has 1 heterocycles. The van der Waals surface area contributed by atoms with E-state index in [9.17, 15) is 18.0 Å². The molecule has 0 aliphatic carbocycles. The Hall–Kier alpha value is -3.13. The van der Waals surface area contributed by atoms with Crippen LogP contribution < -0.4 is 4.74 Å². The van der Waals surface area contributed by atoms with E-state index in [4.69, 9.17) is 9.47 Å². The lowest BCUT2D eigenvalue weighted by atomic mass is 10.0. The van der Waals surface area contributed by atoms with Gasteiger partial charge in [-0.25, -0.2) is 13.2 Å². The summed E-state index contributed by atoms with van der Waals surface area (Å²) in [6, 6.07) is 15.9. The summed E-state index contributed by atoms with van der Waals surface area (Å²) in [6.45, 7) is 1.68. The van der Waals surface area contributed by atoms with E-state index in [1.54, 1.807) is 44.4 Å². The highest BCUT2D eigenvalue weighted by atomic mass is 32.2. The number of rotatable bonds is 8. The van der Waals surface area contributed by atoms with Crippen LogP contribution in [-0.4, -0.2) is 63.0 Å². The molecule has 1 aliphatic heterocycles. The summed E-state index contributed by atoms with van der Waals surface area (Å²) in [4.78, 5) is 27.1. The van der Waals surface area contributed by atoms with E-state index >= 15 is 0 Å². The van der Waals surface area contributed by atoms with Gasteiger partial charge in [-0.3, -0.25) is 4.79 Å². The molecule has 1 amide bonds. The summed E-state index contributed by atoms with van der Waals surface area (Å²) < 4.78 is 34.2. The molecule has 1 atom stereocenters. The number of esters is 1. The molecule has 0 N–H and O–H groups in total. The Balaban J connectivity index is 1.77. The van der Waals surface area contributed by atoms with Crippen molar-refractivity contribution >= 4 is 33.4 Å². The van der Waals surface area contributed by atoms with E-state index in [1.165, 1.54) is 4.90 Å². The fourth-order valence-corrected chi connectivity index (χ4v) is 5.45. The van der Waals surface area contributed by atoms with Crippen molar-refractivity contribution in [3.8, 4) is 5.75 Å². The number of likely N-dealkylation sites (N-methyl/N-ethyl adjacent to an activating group) is 1. The van der Waals surface area contributed by atoms with E-state index in [0.29, 0.717) is 29.9 Å². The fourth-order valence-electron chi connectivity index (χ4n) is 3.72. The van der Waals surface area contributed by atoms with Gasteiger partial charge in [0, 0.05) is 12.6 Å². The lowest BCUT2D eigenvalue weighted by Gasteiger charge is -2.26. The molecule has 0 aromatic heterocycles. The van der Waals surface area contributed by atoms with Gasteiger partial charge in [0.1, 0.15) is 5.75 Å². The van der Waals surface area contributed by atoms with Crippen LogP contribution in [0.2, 0.25) is 0 Å². The maximum atomic E-state index is 13.0. The minimum atomic E-state index is -3.13. The first-order valence-corrected chi connectivity index (χ1v) is 12.2. The first-order chi connectivity index (χ1) is 15.3. The molecule has 1 fully saturated rings. The Labute approximate surface area is 188 Å². The van der Waals surface area contributed by atoms with Crippen LogP contribution in [0.3, 0.4) is 0 Å². The van der Waals surface area contributed by atoms with E-state index in [2.05, 4.69) is 0 Å². The lowest BCUT2D eigenvalue weighted by Crippen LogP contribution is -2.43. The van der Waals surface area contributed by atoms with Gasteiger partial charge < -0.3 is 14.4 Å². The van der Waals surface area contributed by atoms with Crippen LogP contribution in [0.15, 0.2) is 54.6 Å². The molecule has 1 aliphatic rings. The predicted octanol–water partition coefficient (Wildman–Crippen LogP) is 2.81. The first-order valence-electron chi connectivity index (χ1n) is 10.4. The second-order valence-electron chi connectivity index (χ2n) is 7.51. The molecule has 8 heteroatoms. The van der Waals surface area contributed by atoms with Gasteiger partial charge in [0.15, 0.2) is 16.4 Å². The SMILES string of the molecule is CCN(C(=O)COC(=O)/C(=C/c1cccc(OC)c1)c1ccccc1)[C@@H]1CCS(=O)(=O)C1. The number of hydrogen-bond acceptors (Lipinski definition) is 6. The van der Waals surface area contributed by atoms with Gasteiger partial charge >= 0.3 is 5.97 Å². The molecule has 0 bridgehead atoms. The van der Waals surface area contributed by atoms with E-state index in [1.807, 2.05) is 30.3 Å². The van der Waals surface area contributed by atoms with E-state index < -0.39 is 28.3 Å². The molecule has 0 spiro atoms. The summed E-state index contributed by atoms with van der Waals surface area (Å²) in [5, 5.41) is 0. The molecule has 7 nitrogen and oxygen atoms in total. The van der Waals surface area contributed by atoms with Crippen LogP contribution in [-0.2, 0) is 24.2 Å². The molecular weight excluding hydrogens is 430 g/mol. The Bertz CT molecular complexity index is 1090. The van der Waals surface area contributed by atoms with Gasteiger partial charge in [-0.05, 0) is 42.7 Å². The lowest BCUT2D eigenvalue weighted by molar-refractivity contribution is -0.148. The summed E-state index contributed by atoms with van der Waals surface area (Å²) in [7, 11) is -1.56. The average Bonchev–Trinajstić information content (AvgIpc) is 3.16. The van der Waals surface area contributed by atoms with Crippen LogP contribution >= 0.6 is 0 Å². The van der Waals surface area contributed by atoms with Crippen molar-refractivity contribution in [3.05, 3.63) is 65.7 Å². The number of methoxy groups -OCH3 is 1. The number of sulfone groups is 1. The number of nitrogens with zero attached hydrogens (tertiary/aromatic N) is 1. The fraction of sp³-hybridized carbons (Fsp3) is 0.333. The van der Waals surface area contributed by atoms with E-state index in [0.717, 1.165) is 5.56 Å². The Morgan fingerprint density at radius 3 is 2.50 bits per heavy atom. The molecule has 0 saturated carbocycles. The van der Waals surface area contributed by atoms with Crippen LogP contribution in [0.4, 0.5) is 0 Å². The highest BCUT2D eigenvalue weighted by Crippen LogP contribution is 2.23. The molecule has 0 radical (unpaired) electrons. The molecule has 2 aromatic carbocycles. The summed E-state index contributed by atoms with van der Waals surface area (Å²) in [5.41, 5.74) is 1.71. The quantitative estimate of drug-likeness (QED) is 0.344. The predicted molar refractivity (Wildman–Crippen MR) is 123 cm³/mol. The zero-order valence-electron chi connectivity index (χ0n) is 18.2. The second kappa shape index (κ2) is 10.5. The highest BCUT2D eigenvalue weighted by molar-refractivity contribution is 7.91. The molecular formula is C24H27NO6S. The van der Waals surface area contributed by atoms with Crippen molar-refractivity contribution in [1.29, 1.82) is 0 Å². The number of hydrogen-bond donors (Lipinski definition) is 0. The zero-order valence-corrected chi connectivity index (χ0v) is 19.0. The molecule has 170 valence electrons. The van der Waals surface area contributed by atoms with Crippen LogP contribution in [0.5, 0.6) is 5.75 Å². The monoisotopic (exact) mass is 457 g/mol. The third kappa shape index (κ3) is 5.97. The van der Waals surface area contributed by atoms with Crippen LogP contribution in [0.1, 0.15) is 24.5 Å². The van der Waals surface area contributed by atoms with Gasteiger partial charge in [0.2, 0.25) is 0 Å². The van der Waals surface area contributed by atoms with Crippen molar-refractivity contribution in [2.24, 2.45) is 0 Å². The molecule has 32 heavy (non-hydrogen) atoms. The smallest absolute Gasteiger partial charge is 0.339 e. The molecule has 2 aromatic rings. The number of carbonyl (C=O) groups excluding carboxylic acids is 2. The standard InChI is InChI=1S/C24H27NO6S/c1-3-25(20-12-13-32(28,29)17-20)23(26)16-31-24(27)22(19-9-5-4-6-10-19)15-18-8-7-11-21(14-18)30-2/h4-11,14-15,20H,3,12-13,16-17H2,1-2H3/b22-15+/t20-/m1/s1. The highest BCUT2D eigenvalue weighted by Gasteiger charge is 2.34. The zero-order chi connectivity index (χ0) is 23.1. The maximum absolute atomic E-state index is 13.0.